The second-order valence-electron chi connectivity index (χ2n) is 8.57. The monoisotopic (exact) mass is 440 g/mol. The summed E-state index contributed by atoms with van der Waals surface area (Å²) in [6.07, 6.45) is 2.18. The highest BCUT2D eigenvalue weighted by Crippen LogP contribution is 2.29. The lowest BCUT2D eigenvalue weighted by atomic mass is 9.78. The summed E-state index contributed by atoms with van der Waals surface area (Å²) in [4.78, 5) is 54.3. The fraction of sp³-hybridized carbons (Fsp3) is 0.391. The zero-order valence-corrected chi connectivity index (χ0v) is 18.3. The van der Waals surface area contributed by atoms with Gasteiger partial charge < -0.3 is 25.7 Å². The van der Waals surface area contributed by atoms with E-state index in [9.17, 15) is 19.2 Å². The number of Topliss-reactive ketones (excluding diaryl/α,β-unsaturated/α-hetero) is 1. The highest BCUT2D eigenvalue weighted by atomic mass is 16.5. The second kappa shape index (κ2) is 9.35. The van der Waals surface area contributed by atoms with Crippen molar-refractivity contribution in [1.29, 1.82) is 0 Å². The normalized spacial score (nSPS) is 19.4. The molecule has 2 heterocycles. The molecule has 0 spiro atoms. The summed E-state index contributed by atoms with van der Waals surface area (Å²) in [6, 6.07) is 9.13. The number of ketones is 1. The van der Waals surface area contributed by atoms with E-state index >= 15 is 0 Å². The number of aromatic nitrogens is 1. The number of nitrogens with one attached hydrogen (secondary N) is 2. The molecule has 0 aliphatic carbocycles. The molecule has 2 aromatic rings. The van der Waals surface area contributed by atoms with Crippen molar-refractivity contribution in [1.82, 2.24) is 15.2 Å². The molecule has 1 fully saturated rings. The molecular weight excluding hydrogens is 412 g/mol. The first-order valence-corrected chi connectivity index (χ1v) is 10.3. The van der Waals surface area contributed by atoms with Gasteiger partial charge in [-0.15, -0.1) is 0 Å². The average molecular weight is 441 g/mol. The van der Waals surface area contributed by atoms with Crippen molar-refractivity contribution in [3.8, 4) is 0 Å². The maximum atomic E-state index is 13.5. The molecule has 3 rings (SSSR count). The molecule has 1 aromatic carbocycles. The van der Waals surface area contributed by atoms with Gasteiger partial charge in [-0.2, -0.15) is 0 Å². The number of amides is 3. The molecule has 1 aliphatic heterocycles. The average Bonchev–Trinajstić information content (AvgIpc) is 3.42. The summed E-state index contributed by atoms with van der Waals surface area (Å²) in [5.74, 6) is -2.17. The number of benzene rings is 1. The summed E-state index contributed by atoms with van der Waals surface area (Å²) in [5.41, 5.74) is 6.25. The number of ether oxygens (including phenoxy) is 1. The SMILES string of the molecule is CN(C(=O)[C@H](CC(C)(C)c1ccccc1)NC(=O)c1cc[nH]c1)C1C(=O)COC1C(N)=O. The number of hydrogen-bond acceptors (Lipinski definition) is 5. The molecule has 3 atom stereocenters. The molecule has 170 valence electrons. The maximum absolute atomic E-state index is 13.5. The minimum atomic E-state index is -1.22. The van der Waals surface area contributed by atoms with Crippen molar-refractivity contribution in [2.24, 2.45) is 5.73 Å². The number of primary amides is 1. The molecule has 1 saturated heterocycles. The topological polar surface area (TPSA) is 135 Å². The Morgan fingerprint density at radius 1 is 1.25 bits per heavy atom. The van der Waals surface area contributed by atoms with Crippen LogP contribution >= 0.6 is 0 Å². The first-order valence-electron chi connectivity index (χ1n) is 10.3. The molecule has 2 unspecified atom stereocenters. The van der Waals surface area contributed by atoms with Gasteiger partial charge in [0.15, 0.2) is 11.9 Å². The van der Waals surface area contributed by atoms with Gasteiger partial charge in [0.25, 0.3) is 5.91 Å². The van der Waals surface area contributed by atoms with Gasteiger partial charge in [0.2, 0.25) is 11.8 Å². The molecule has 0 saturated carbocycles. The van der Waals surface area contributed by atoms with Gasteiger partial charge in [-0.3, -0.25) is 19.2 Å². The molecule has 0 bridgehead atoms. The van der Waals surface area contributed by atoms with E-state index in [0.29, 0.717) is 5.56 Å². The lowest BCUT2D eigenvalue weighted by molar-refractivity contribution is -0.141. The fourth-order valence-electron chi connectivity index (χ4n) is 3.98. The minimum Gasteiger partial charge on any atom is -0.367 e. The summed E-state index contributed by atoms with van der Waals surface area (Å²) >= 11 is 0. The van der Waals surface area contributed by atoms with E-state index < -0.39 is 47.1 Å². The number of likely N-dealkylation sites (N-methyl/N-ethyl adjacent to an activating group) is 1. The Labute approximate surface area is 186 Å². The van der Waals surface area contributed by atoms with E-state index in [2.05, 4.69) is 10.3 Å². The molecule has 9 nitrogen and oxygen atoms in total. The standard InChI is InChI=1S/C23H28N4O5/c1-23(2,15-7-5-4-6-8-15)11-16(26-21(30)14-9-10-25-12-14)22(31)27(3)18-17(28)13-32-19(18)20(24)29/h4-10,12,16,18-19,25H,11,13H2,1-3H3,(H2,24,29)(H,26,30)/t16-,18?,19?/m0/s1. The number of hydrogen-bond donors (Lipinski definition) is 3. The third-order valence-corrected chi connectivity index (χ3v) is 5.80. The van der Waals surface area contributed by atoms with E-state index in [1.54, 1.807) is 12.3 Å². The summed E-state index contributed by atoms with van der Waals surface area (Å²) in [5, 5.41) is 2.79. The van der Waals surface area contributed by atoms with Crippen LogP contribution in [0.1, 0.15) is 36.2 Å². The first kappa shape index (κ1) is 23.2. The smallest absolute Gasteiger partial charge is 0.253 e. The molecule has 3 amide bonds. The molecule has 1 aromatic heterocycles. The van der Waals surface area contributed by atoms with Crippen LogP contribution in [0.5, 0.6) is 0 Å². The third-order valence-electron chi connectivity index (χ3n) is 5.80. The van der Waals surface area contributed by atoms with Crippen molar-refractivity contribution in [2.75, 3.05) is 13.7 Å². The Balaban J connectivity index is 1.88. The van der Waals surface area contributed by atoms with Crippen LogP contribution in [0, 0.1) is 0 Å². The van der Waals surface area contributed by atoms with Gasteiger partial charge in [0.05, 0.1) is 5.56 Å². The van der Waals surface area contributed by atoms with E-state index in [-0.39, 0.29) is 13.0 Å². The number of aromatic amines is 1. The van der Waals surface area contributed by atoms with Gasteiger partial charge in [-0.05, 0) is 23.5 Å². The molecule has 32 heavy (non-hydrogen) atoms. The summed E-state index contributed by atoms with van der Waals surface area (Å²) in [6.45, 7) is 3.65. The van der Waals surface area contributed by atoms with Gasteiger partial charge >= 0.3 is 0 Å². The molecule has 0 radical (unpaired) electrons. The summed E-state index contributed by atoms with van der Waals surface area (Å²) < 4.78 is 5.19. The van der Waals surface area contributed by atoms with E-state index in [0.717, 1.165) is 10.5 Å². The predicted molar refractivity (Wildman–Crippen MR) is 117 cm³/mol. The number of nitrogens with two attached hydrogens (primary N) is 1. The Bertz CT molecular complexity index is 987. The van der Waals surface area contributed by atoms with Crippen molar-refractivity contribution in [3.05, 3.63) is 59.9 Å². The Kier molecular flexibility index (Phi) is 6.78. The van der Waals surface area contributed by atoms with Crippen LogP contribution in [0.25, 0.3) is 0 Å². The zero-order valence-electron chi connectivity index (χ0n) is 18.3. The quantitative estimate of drug-likeness (QED) is 0.557. The first-order chi connectivity index (χ1) is 15.1. The number of carbonyl (C=O) groups is 4. The number of H-pyrrole nitrogens is 1. The van der Waals surface area contributed by atoms with Gasteiger partial charge in [-0.25, -0.2) is 0 Å². The number of nitrogens with zero attached hydrogens (tertiary/aromatic N) is 1. The van der Waals surface area contributed by atoms with Crippen LogP contribution in [0.2, 0.25) is 0 Å². The Morgan fingerprint density at radius 3 is 2.53 bits per heavy atom. The lowest BCUT2D eigenvalue weighted by Gasteiger charge is -2.34. The minimum absolute atomic E-state index is 0.263. The fourth-order valence-corrected chi connectivity index (χ4v) is 3.98. The number of rotatable bonds is 8. The highest BCUT2D eigenvalue weighted by molar-refractivity contribution is 6.01. The molecule has 9 heteroatoms. The van der Waals surface area contributed by atoms with Crippen molar-refractivity contribution >= 4 is 23.5 Å². The molecule has 4 N–H and O–H groups in total. The van der Waals surface area contributed by atoms with Gasteiger partial charge in [0.1, 0.15) is 18.7 Å². The molecule has 1 aliphatic rings. The Hall–Kier alpha value is -3.46. The predicted octanol–water partition coefficient (Wildman–Crippen LogP) is 0.761. The maximum Gasteiger partial charge on any atom is 0.253 e. The van der Waals surface area contributed by atoms with Crippen LogP contribution < -0.4 is 11.1 Å². The van der Waals surface area contributed by atoms with Crippen molar-refractivity contribution in [3.63, 3.8) is 0 Å². The largest absolute Gasteiger partial charge is 0.367 e. The van der Waals surface area contributed by atoms with E-state index in [1.807, 2.05) is 44.2 Å². The van der Waals surface area contributed by atoms with Crippen molar-refractivity contribution in [2.45, 2.75) is 43.9 Å². The highest BCUT2D eigenvalue weighted by Gasteiger charge is 2.45. The second-order valence-corrected chi connectivity index (χ2v) is 8.57. The van der Waals surface area contributed by atoms with E-state index in [4.69, 9.17) is 10.5 Å². The zero-order chi connectivity index (χ0) is 23.5. The third kappa shape index (κ3) is 4.88. The van der Waals surface area contributed by atoms with Crippen LogP contribution in [-0.4, -0.2) is 65.2 Å². The van der Waals surface area contributed by atoms with Gasteiger partial charge in [0, 0.05) is 19.4 Å². The van der Waals surface area contributed by atoms with Crippen LogP contribution in [-0.2, 0) is 24.5 Å². The van der Waals surface area contributed by atoms with E-state index in [1.165, 1.54) is 13.2 Å². The van der Waals surface area contributed by atoms with Crippen LogP contribution in [0.15, 0.2) is 48.8 Å². The Morgan fingerprint density at radius 2 is 1.94 bits per heavy atom. The number of carbonyl (C=O) groups excluding carboxylic acids is 4. The summed E-state index contributed by atoms with van der Waals surface area (Å²) in [7, 11) is 1.42. The lowest BCUT2D eigenvalue weighted by Crippen LogP contribution is -2.57. The van der Waals surface area contributed by atoms with Gasteiger partial charge in [-0.1, -0.05) is 44.2 Å². The molecular formula is C23H28N4O5. The van der Waals surface area contributed by atoms with Crippen LogP contribution in [0.3, 0.4) is 0 Å². The van der Waals surface area contributed by atoms with Crippen molar-refractivity contribution < 1.29 is 23.9 Å². The van der Waals surface area contributed by atoms with Crippen LogP contribution in [0.4, 0.5) is 0 Å².